The van der Waals surface area contributed by atoms with Gasteiger partial charge in [-0.2, -0.15) is 0 Å². The molecule has 1 aliphatic heterocycles. The highest BCUT2D eigenvalue weighted by molar-refractivity contribution is 5.76. The van der Waals surface area contributed by atoms with Crippen LogP contribution in [0.1, 0.15) is 66.2 Å². The van der Waals surface area contributed by atoms with Crippen molar-refractivity contribution < 1.29 is 9.53 Å². The number of carbonyl (C=O) groups is 1. The summed E-state index contributed by atoms with van der Waals surface area (Å²) in [6, 6.07) is 0.483. The lowest BCUT2D eigenvalue weighted by atomic mass is 9.74. The fourth-order valence-electron chi connectivity index (χ4n) is 4.19. The van der Waals surface area contributed by atoms with Crippen LogP contribution in [0.15, 0.2) is 0 Å². The summed E-state index contributed by atoms with van der Waals surface area (Å²) in [7, 11) is 0. The molecule has 0 aromatic rings. The molecule has 2 fully saturated rings. The summed E-state index contributed by atoms with van der Waals surface area (Å²) in [6.07, 6.45) is 6.02. The fourth-order valence-corrected chi connectivity index (χ4v) is 4.19. The molecule has 5 heteroatoms. The van der Waals surface area contributed by atoms with E-state index in [1.54, 1.807) is 0 Å². The minimum absolute atomic E-state index is 0.0266. The van der Waals surface area contributed by atoms with Crippen molar-refractivity contribution >= 4 is 5.97 Å². The summed E-state index contributed by atoms with van der Waals surface area (Å²) in [6.45, 7) is 13.3. The van der Waals surface area contributed by atoms with Gasteiger partial charge in [0.1, 0.15) is 0 Å². The highest BCUT2D eigenvalue weighted by Crippen LogP contribution is 2.37. The Balaban J connectivity index is 1.71. The predicted molar refractivity (Wildman–Crippen MR) is 102 cm³/mol. The van der Waals surface area contributed by atoms with Crippen molar-refractivity contribution in [2.24, 2.45) is 17.1 Å². The SMILES string of the molecule is CCOC(=O)C1(C)CCC(NCC2(N)CCN(CC(C)C)CC2)CC1. The number of carbonyl (C=O) groups excluding carboxylic acids is 1. The molecule has 1 aliphatic carbocycles. The van der Waals surface area contributed by atoms with E-state index in [1.807, 2.05) is 6.92 Å². The molecule has 2 aliphatic rings. The average molecular weight is 354 g/mol. The number of piperidine rings is 1. The largest absolute Gasteiger partial charge is 0.466 e. The second-order valence-electron chi connectivity index (χ2n) is 8.99. The van der Waals surface area contributed by atoms with E-state index >= 15 is 0 Å². The first kappa shape index (κ1) is 20.7. The molecule has 1 saturated carbocycles. The summed E-state index contributed by atoms with van der Waals surface area (Å²) < 4.78 is 5.24. The number of rotatable bonds is 7. The molecule has 0 spiro atoms. The molecule has 5 nitrogen and oxygen atoms in total. The second kappa shape index (κ2) is 8.83. The van der Waals surface area contributed by atoms with Crippen molar-refractivity contribution in [1.29, 1.82) is 0 Å². The molecule has 0 bridgehead atoms. The Hall–Kier alpha value is -0.650. The number of hydrogen-bond acceptors (Lipinski definition) is 5. The average Bonchev–Trinajstić information content (AvgIpc) is 2.57. The molecule has 0 atom stereocenters. The maximum atomic E-state index is 12.1. The van der Waals surface area contributed by atoms with Crippen LogP contribution >= 0.6 is 0 Å². The third-order valence-corrected chi connectivity index (χ3v) is 6.08. The zero-order valence-corrected chi connectivity index (χ0v) is 16.8. The third kappa shape index (κ3) is 5.93. The zero-order valence-electron chi connectivity index (χ0n) is 16.8. The number of hydrogen-bond donors (Lipinski definition) is 2. The lowest BCUT2D eigenvalue weighted by Crippen LogP contribution is -2.57. The first-order valence-electron chi connectivity index (χ1n) is 10.2. The lowest BCUT2D eigenvalue weighted by Gasteiger charge is -2.42. The summed E-state index contributed by atoms with van der Waals surface area (Å²) in [5.41, 5.74) is 6.28. The van der Waals surface area contributed by atoms with Gasteiger partial charge in [-0.05, 0) is 71.4 Å². The summed E-state index contributed by atoms with van der Waals surface area (Å²) >= 11 is 0. The van der Waals surface area contributed by atoms with Crippen molar-refractivity contribution in [3.05, 3.63) is 0 Å². The number of nitrogens with one attached hydrogen (secondary N) is 1. The molecule has 146 valence electrons. The quantitative estimate of drug-likeness (QED) is 0.689. The van der Waals surface area contributed by atoms with E-state index in [-0.39, 0.29) is 16.9 Å². The number of nitrogens with zero attached hydrogens (tertiary/aromatic N) is 1. The number of nitrogens with two attached hydrogens (primary N) is 1. The highest BCUT2D eigenvalue weighted by Gasteiger charge is 2.39. The van der Waals surface area contributed by atoms with Crippen LogP contribution in [0.4, 0.5) is 0 Å². The van der Waals surface area contributed by atoms with Crippen LogP contribution in [0.25, 0.3) is 0 Å². The van der Waals surface area contributed by atoms with Crippen LogP contribution in [0.3, 0.4) is 0 Å². The van der Waals surface area contributed by atoms with Gasteiger partial charge in [-0.15, -0.1) is 0 Å². The standard InChI is InChI=1S/C20H39N3O2/c1-5-25-18(24)19(4)8-6-17(7-9-19)22-15-20(21)10-12-23(13-11-20)14-16(2)3/h16-17,22H,5-15,21H2,1-4H3. The molecule has 0 aromatic heterocycles. The third-order valence-electron chi connectivity index (χ3n) is 6.08. The van der Waals surface area contributed by atoms with Gasteiger partial charge in [-0.3, -0.25) is 4.79 Å². The number of ether oxygens (including phenoxy) is 1. The second-order valence-corrected chi connectivity index (χ2v) is 8.99. The lowest BCUT2D eigenvalue weighted by molar-refractivity contribution is -0.156. The van der Waals surface area contributed by atoms with Crippen molar-refractivity contribution in [3.63, 3.8) is 0 Å². The van der Waals surface area contributed by atoms with E-state index in [0.29, 0.717) is 12.6 Å². The van der Waals surface area contributed by atoms with Gasteiger partial charge in [0.2, 0.25) is 0 Å². The van der Waals surface area contributed by atoms with Gasteiger partial charge in [-0.1, -0.05) is 13.8 Å². The topological polar surface area (TPSA) is 67.6 Å². The van der Waals surface area contributed by atoms with Crippen LogP contribution in [0.2, 0.25) is 0 Å². The molecule has 1 saturated heterocycles. The molecular formula is C20H39N3O2. The summed E-state index contributed by atoms with van der Waals surface area (Å²) in [5, 5.41) is 3.70. The normalized spacial score (nSPS) is 30.4. The Bertz CT molecular complexity index is 423. The maximum absolute atomic E-state index is 12.1. The van der Waals surface area contributed by atoms with Gasteiger partial charge >= 0.3 is 5.97 Å². The molecule has 25 heavy (non-hydrogen) atoms. The van der Waals surface area contributed by atoms with Crippen molar-refractivity contribution in [1.82, 2.24) is 10.2 Å². The molecular weight excluding hydrogens is 314 g/mol. The van der Waals surface area contributed by atoms with Gasteiger partial charge < -0.3 is 20.7 Å². The molecule has 3 N–H and O–H groups in total. The van der Waals surface area contributed by atoms with Crippen molar-refractivity contribution in [3.8, 4) is 0 Å². The van der Waals surface area contributed by atoms with Gasteiger partial charge in [-0.25, -0.2) is 0 Å². The van der Waals surface area contributed by atoms with Gasteiger partial charge in [0.25, 0.3) is 0 Å². The maximum Gasteiger partial charge on any atom is 0.311 e. The Kier molecular flexibility index (Phi) is 7.29. The smallest absolute Gasteiger partial charge is 0.311 e. The Morgan fingerprint density at radius 3 is 2.36 bits per heavy atom. The van der Waals surface area contributed by atoms with E-state index in [4.69, 9.17) is 10.5 Å². The summed E-state index contributed by atoms with van der Waals surface area (Å²) in [4.78, 5) is 14.7. The van der Waals surface area contributed by atoms with Crippen LogP contribution in [0, 0.1) is 11.3 Å². The van der Waals surface area contributed by atoms with E-state index in [9.17, 15) is 4.79 Å². The molecule has 0 aromatic carbocycles. The molecule has 0 amide bonds. The van der Waals surface area contributed by atoms with Gasteiger partial charge in [0.15, 0.2) is 0 Å². The molecule has 1 heterocycles. The van der Waals surface area contributed by atoms with Gasteiger partial charge in [0, 0.05) is 24.7 Å². The molecule has 0 unspecified atom stereocenters. The van der Waals surface area contributed by atoms with Crippen LogP contribution in [-0.4, -0.2) is 55.2 Å². The molecule has 2 rings (SSSR count). The van der Waals surface area contributed by atoms with Gasteiger partial charge in [0.05, 0.1) is 12.0 Å². The summed E-state index contributed by atoms with van der Waals surface area (Å²) in [5.74, 6) is 0.695. The highest BCUT2D eigenvalue weighted by atomic mass is 16.5. The number of likely N-dealkylation sites (tertiary alicyclic amines) is 1. The van der Waals surface area contributed by atoms with E-state index in [0.717, 1.165) is 64.1 Å². The van der Waals surface area contributed by atoms with Crippen LogP contribution in [0.5, 0.6) is 0 Å². The minimum Gasteiger partial charge on any atom is -0.466 e. The number of esters is 1. The van der Waals surface area contributed by atoms with Crippen LogP contribution in [-0.2, 0) is 9.53 Å². The molecule has 0 radical (unpaired) electrons. The van der Waals surface area contributed by atoms with E-state index < -0.39 is 0 Å². The van der Waals surface area contributed by atoms with Crippen molar-refractivity contribution in [2.45, 2.75) is 77.8 Å². The zero-order chi connectivity index (χ0) is 18.5. The van der Waals surface area contributed by atoms with Crippen molar-refractivity contribution in [2.75, 3.05) is 32.8 Å². The fraction of sp³-hybridized carbons (Fsp3) is 0.950. The predicted octanol–water partition coefficient (Wildman–Crippen LogP) is 2.54. The van der Waals surface area contributed by atoms with Crippen LogP contribution < -0.4 is 11.1 Å². The Labute approximate surface area is 154 Å². The van der Waals surface area contributed by atoms with E-state index in [2.05, 4.69) is 31.0 Å². The monoisotopic (exact) mass is 353 g/mol. The Morgan fingerprint density at radius 1 is 1.24 bits per heavy atom. The minimum atomic E-state index is -0.295. The Morgan fingerprint density at radius 2 is 1.84 bits per heavy atom. The first-order valence-corrected chi connectivity index (χ1v) is 10.2. The van der Waals surface area contributed by atoms with E-state index in [1.165, 1.54) is 6.54 Å². The first-order chi connectivity index (χ1) is 11.8.